The van der Waals surface area contributed by atoms with Gasteiger partial charge in [-0.3, -0.25) is 0 Å². The molecule has 0 aromatic carbocycles. The summed E-state index contributed by atoms with van der Waals surface area (Å²) < 4.78 is 49.4. The second kappa shape index (κ2) is 4.68. The van der Waals surface area contributed by atoms with Gasteiger partial charge in [0.15, 0.2) is 0 Å². The summed E-state index contributed by atoms with van der Waals surface area (Å²) in [6.07, 6.45) is -1.97. The summed E-state index contributed by atoms with van der Waals surface area (Å²) in [6.45, 7) is 7.88. The van der Waals surface area contributed by atoms with Crippen LogP contribution in [0, 0.1) is 0 Å². The van der Waals surface area contributed by atoms with Crippen molar-refractivity contribution in [3.05, 3.63) is 23.8 Å². The van der Waals surface area contributed by atoms with E-state index in [1.165, 1.54) is 0 Å². The molecule has 3 rings (SSSR count). The van der Waals surface area contributed by atoms with Crippen molar-refractivity contribution < 1.29 is 22.5 Å². The van der Waals surface area contributed by atoms with Crippen molar-refractivity contribution in [2.24, 2.45) is 0 Å². The Morgan fingerprint density at radius 3 is 2.05 bits per heavy atom. The van der Waals surface area contributed by atoms with E-state index in [9.17, 15) is 13.2 Å². The Hall–Kier alpha value is -1.15. The zero-order valence-corrected chi connectivity index (χ0v) is 12.9. The first kappa shape index (κ1) is 15.7. The predicted octanol–water partition coefficient (Wildman–Crippen LogP) is 3.45. The minimum atomic E-state index is -4.41. The molecule has 2 fully saturated rings. The average molecular weight is 314 g/mol. The third kappa shape index (κ3) is 2.62. The Morgan fingerprint density at radius 2 is 1.59 bits per heavy atom. The molecule has 1 aliphatic heterocycles. The van der Waals surface area contributed by atoms with E-state index in [1.54, 1.807) is 0 Å². The van der Waals surface area contributed by atoms with Crippen molar-refractivity contribution in [3.8, 4) is 0 Å². The van der Waals surface area contributed by atoms with E-state index in [-0.39, 0.29) is 18.9 Å². The Labute approximate surface area is 127 Å². The fourth-order valence-electron chi connectivity index (χ4n) is 2.55. The van der Waals surface area contributed by atoms with Gasteiger partial charge in [-0.1, -0.05) is 0 Å². The molecule has 0 spiro atoms. The molecule has 0 bridgehead atoms. The first-order valence-electron chi connectivity index (χ1n) is 7.26. The Morgan fingerprint density at radius 1 is 1.09 bits per heavy atom. The van der Waals surface area contributed by atoms with Crippen LogP contribution in [-0.2, 0) is 15.5 Å². The summed E-state index contributed by atoms with van der Waals surface area (Å²) in [5, 5.41) is 0. The lowest BCUT2D eigenvalue weighted by atomic mass is 9.80. The molecule has 1 aromatic heterocycles. The Balaban J connectivity index is 1.68. The van der Waals surface area contributed by atoms with Gasteiger partial charge in [0.1, 0.15) is 5.82 Å². The van der Waals surface area contributed by atoms with Crippen LogP contribution in [0.5, 0.6) is 0 Å². The molecule has 1 aromatic rings. The lowest BCUT2D eigenvalue weighted by Crippen LogP contribution is -2.41. The fraction of sp³-hybridized carbons (Fsp3) is 0.714. The van der Waals surface area contributed by atoms with Crippen LogP contribution in [0.4, 0.5) is 13.2 Å². The van der Waals surface area contributed by atoms with Gasteiger partial charge in [-0.05, 0) is 34.1 Å². The first-order valence-corrected chi connectivity index (χ1v) is 7.26. The van der Waals surface area contributed by atoms with Crippen molar-refractivity contribution in [2.75, 3.05) is 0 Å². The number of alkyl halides is 3. The SMILES string of the molecule is CC1(C)OB([C@H]2C[C@@H]2c2ncc(C(F)(F)F)cn2)OC1(C)C. The molecule has 4 nitrogen and oxygen atoms in total. The van der Waals surface area contributed by atoms with Crippen LogP contribution in [0.3, 0.4) is 0 Å². The monoisotopic (exact) mass is 314 g/mol. The van der Waals surface area contributed by atoms with E-state index in [0.717, 1.165) is 18.8 Å². The van der Waals surface area contributed by atoms with Crippen LogP contribution in [0.2, 0.25) is 5.82 Å². The van der Waals surface area contributed by atoms with E-state index < -0.39 is 22.9 Å². The number of aromatic nitrogens is 2. The first-order chi connectivity index (χ1) is 10.0. The number of nitrogens with zero attached hydrogens (tertiary/aromatic N) is 2. The number of rotatable bonds is 2. The summed E-state index contributed by atoms with van der Waals surface area (Å²) in [5.41, 5.74) is -1.65. The van der Waals surface area contributed by atoms with Crippen molar-refractivity contribution in [2.45, 2.75) is 63.2 Å². The van der Waals surface area contributed by atoms with Gasteiger partial charge in [0.05, 0.1) is 16.8 Å². The maximum absolute atomic E-state index is 12.5. The molecule has 1 aliphatic carbocycles. The van der Waals surface area contributed by atoms with Crippen LogP contribution in [-0.4, -0.2) is 28.3 Å². The van der Waals surface area contributed by atoms with Gasteiger partial charge in [-0.15, -0.1) is 0 Å². The summed E-state index contributed by atoms with van der Waals surface area (Å²) in [7, 11) is -0.360. The highest BCUT2D eigenvalue weighted by Gasteiger charge is 2.60. The Kier molecular flexibility index (Phi) is 3.34. The smallest absolute Gasteiger partial charge is 0.403 e. The molecule has 0 amide bonds. The average Bonchev–Trinajstić information content (AvgIpc) is 3.12. The van der Waals surface area contributed by atoms with E-state index in [1.807, 2.05) is 27.7 Å². The maximum atomic E-state index is 12.5. The second-order valence-corrected chi connectivity index (χ2v) is 6.96. The highest BCUT2D eigenvalue weighted by molar-refractivity contribution is 6.49. The molecule has 8 heteroatoms. The van der Waals surface area contributed by atoms with Gasteiger partial charge < -0.3 is 9.31 Å². The van der Waals surface area contributed by atoms with E-state index >= 15 is 0 Å². The zero-order valence-electron chi connectivity index (χ0n) is 12.9. The van der Waals surface area contributed by atoms with Gasteiger partial charge in [0, 0.05) is 24.1 Å². The summed E-state index contributed by atoms with van der Waals surface area (Å²) >= 11 is 0. The molecular formula is C14H18BF3N2O2. The van der Waals surface area contributed by atoms with Gasteiger partial charge in [-0.2, -0.15) is 13.2 Å². The summed E-state index contributed by atoms with van der Waals surface area (Å²) in [5.74, 6) is 0.516. The number of halogens is 3. The maximum Gasteiger partial charge on any atom is 0.461 e. The Bertz CT molecular complexity index is 558. The lowest BCUT2D eigenvalue weighted by molar-refractivity contribution is -0.138. The molecule has 2 heterocycles. The zero-order chi connectivity index (χ0) is 16.3. The second-order valence-electron chi connectivity index (χ2n) is 6.96. The van der Waals surface area contributed by atoms with Gasteiger partial charge in [0.25, 0.3) is 0 Å². The molecule has 0 unspecified atom stereocenters. The quantitative estimate of drug-likeness (QED) is 0.784. The van der Waals surface area contributed by atoms with Crippen LogP contribution >= 0.6 is 0 Å². The molecule has 0 N–H and O–H groups in total. The molecule has 0 radical (unpaired) electrons. The van der Waals surface area contributed by atoms with Crippen LogP contribution < -0.4 is 0 Å². The van der Waals surface area contributed by atoms with Crippen molar-refractivity contribution in [1.29, 1.82) is 0 Å². The third-order valence-corrected chi connectivity index (χ3v) is 4.79. The highest BCUT2D eigenvalue weighted by Crippen LogP contribution is 2.57. The van der Waals surface area contributed by atoms with Gasteiger partial charge in [0.2, 0.25) is 0 Å². The minimum absolute atomic E-state index is 0.00279. The number of hydrogen-bond donors (Lipinski definition) is 0. The molecule has 2 atom stereocenters. The molecule has 1 saturated carbocycles. The highest BCUT2D eigenvalue weighted by atomic mass is 19.4. The van der Waals surface area contributed by atoms with Crippen molar-refractivity contribution in [1.82, 2.24) is 9.97 Å². The van der Waals surface area contributed by atoms with Crippen LogP contribution in [0.15, 0.2) is 12.4 Å². The molecular weight excluding hydrogens is 296 g/mol. The molecule has 2 aliphatic rings. The van der Waals surface area contributed by atoms with E-state index in [0.29, 0.717) is 5.82 Å². The fourth-order valence-corrected chi connectivity index (χ4v) is 2.55. The largest absolute Gasteiger partial charge is 0.461 e. The minimum Gasteiger partial charge on any atom is -0.403 e. The van der Waals surface area contributed by atoms with E-state index in [4.69, 9.17) is 9.31 Å². The molecule has 22 heavy (non-hydrogen) atoms. The number of hydrogen-bond acceptors (Lipinski definition) is 4. The van der Waals surface area contributed by atoms with Crippen LogP contribution in [0.25, 0.3) is 0 Å². The van der Waals surface area contributed by atoms with E-state index in [2.05, 4.69) is 9.97 Å². The molecule has 1 saturated heterocycles. The van der Waals surface area contributed by atoms with Crippen molar-refractivity contribution >= 4 is 7.12 Å². The van der Waals surface area contributed by atoms with Gasteiger partial charge >= 0.3 is 13.3 Å². The summed E-state index contributed by atoms with van der Waals surface area (Å²) in [4.78, 5) is 7.72. The third-order valence-electron chi connectivity index (χ3n) is 4.79. The predicted molar refractivity (Wildman–Crippen MR) is 74.2 cm³/mol. The van der Waals surface area contributed by atoms with Crippen molar-refractivity contribution in [3.63, 3.8) is 0 Å². The topological polar surface area (TPSA) is 44.2 Å². The normalized spacial score (nSPS) is 29.7. The standard InChI is InChI=1S/C14H18BF3N2O2/c1-12(2)13(3,4)22-15(21-12)10-5-9(10)11-19-6-8(7-20-11)14(16,17)18/h6-7,9-10H,5H2,1-4H3/t9-,10-/m0/s1. The summed E-state index contributed by atoms with van der Waals surface area (Å²) in [6, 6.07) is 0. The molecule has 120 valence electrons. The van der Waals surface area contributed by atoms with Gasteiger partial charge in [-0.25, -0.2) is 9.97 Å². The lowest BCUT2D eigenvalue weighted by Gasteiger charge is -2.32. The van der Waals surface area contributed by atoms with Crippen LogP contribution in [0.1, 0.15) is 51.4 Å².